The van der Waals surface area contributed by atoms with Gasteiger partial charge in [0.2, 0.25) is 11.8 Å². The zero-order valence-electron chi connectivity index (χ0n) is 20.1. The van der Waals surface area contributed by atoms with Gasteiger partial charge in [0, 0.05) is 41.6 Å². The van der Waals surface area contributed by atoms with Gasteiger partial charge in [-0.25, -0.2) is 0 Å². The fourth-order valence-corrected chi connectivity index (χ4v) is 5.17. The number of morpholine rings is 2. The van der Waals surface area contributed by atoms with Crippen molar-refractivity contribution in [1.29, 1.82) is 0 Å². The molecule has 2 amide bonds. The molecule has 9 nitrogen and oxygen atoms in total. The summed E-state index contributed by atoms with van der Waals surface area (Å²) in [5.74, 6) is -0.250. The first-order valence-electron chi connectivity index (χ1n) is 11.9. The van der Waals surface area contributed by atoms with E-state index in [0.717, 1.165) is 21.8 Å². The first kappa shape index (κ1) is 24.0. The van der Waals surface area contributed by atoms with E-state index in [9.17, 15) is 9.59 Å². The first-order chi connectivity index (χ1) is 16.7. The van der Waals surface area contributed by atoms with E-state index in [2.05, 4.69) is 15.3 Å². The molecule has 2 fully saturated rings. The molecule has 5 rings (SSSR count). The van der Waals surface area contributed by atoms with Crippen molar-refractivity contribution in [2.75, 3.05) is 44.8 Å². The van der Waals surface area contributed by atoms with Crippen LogP contribution < -0.4 is 5.32 Å². The predicted octanol–water partition coefficient (Wildman–Crippen LogP) is 3.03. The smallest absolute Gasteiger partial charge is 0.244 e. The Balaban J connectivity index is 1.43. The molecule has 2 atom stereocenters. The van der Waals surface area contributed by atoms with Crippen LogP contribution in [-0.4, -0.2) is 88.7 Å². The number of amides is 2. The highest BCUT2D eigenvalue weighted by Gasteiger charge is 2.42. The summed E-state index contributed by atoms with van der Waals surface area (Å²) in [6.45, 7) is 8.61. The Kier molecular flexibility index (Phi) is 6.43. The van der Waals surface area contributed by atoms with Crippen molar-refractivity contribution in [2.24, 2.45) is 0 Å². The molecule has 0 aliphatic carbocycles. The maximum absolute atomic E-state index is 13.6. The van der Waals surface area contributed by atoms with E-state index in [1.165, 1.54) is 0 Å². The number of carbonyl (C=O) groups excluding carboxylic acids is 2. The van der Waals surface area contributed by atoms with Crippen LogP contribution in [0.3, 0.4) is 0 Å². The second-order valence-electron chi connectivity index (χ2n) is 9.78. The van der Waals surface area contributed by atoms with Crippen LogP contribution >= 0.6 is 11.6 Å². The van der Waals surface area contributed by atoms with Crippen LogP contribution in [0.4, 0.5) is 5.69 Å². The number of rotatable bonds is 4. The highest BCUT2D eigenvalue weighted by atomic mass is 35.5. The Hall–Kier alpha value is -2.72. The van der Waals surface area contributed by atoms with Gasteiger partial charge >= 0.3 is 0 Å². The summed E-state index contributed by atoms with van der Waals surface area (Å²) in [5.41, 5.74) is 1.72. The number of fused-ring (bicyclic) bond motifs is 3. The molecule has 0 radical (unpaired) electrons. The SMILES string of the molecule is C[C@@H](C(=O)N1CCOCC1)N1CC(C)(C)OC[C@H]1C(=O)Nc1cc(Cl)cc2c1[nH]c1cnccc12. The normalized spacial score (nSPS) is 21.8. The molecular formula is C25H30ClN5O4. The van der Waals surface area contributed by atoms with Crippen molar-refractivity contribution >= 4 is 50.9 Å². The number of benzene rings is 1. The summed E-state index contributed by atoms with van der Waals surface area (Å²) in [4.78, 5) is 38.2. The second-order valence-corrected chi connectivity index (χ2v) is 10.2. The third kappa shape index (κ3) is 4.73. The molecule has 10 heteroatoms. The number of anilines is 1. The number of hydrogen-bond donors (Lipinski definition) is 2. The Labute approximate surface area is 208 Å². The molecule has 2 aliphatic heterocycles. The molecule has 186 valence electrons. The molecule has 35 heavy (non-hydrogen) atoms. The van der Waals surface area contributed by atoms with E-state index in [0.29, 0.717) is 43.6 Å². The highest BCUT2D eigenvalue weighted by molar-refractivity contribution is 6.33. The topological polar surface area (TPSA) is 99.8 Å². The number of pyridine rings is 1. The summed E-state index contributed by atoms with van der Waals surface area (Å²) >= 11 is 6.42. The Morgan fingerprint density at radius 1 is 1.26 bits per heavy atom. The van der Waals surface area contributed by atoms with E-state index in [4.69, 9.17) is 21.1 Å². The molecule has 2 N–H and O–H groups in total. The lowest BCUT2D eigenvalue weighted by atomic mass is 10.0. The number of hydrogen-bond acceptors (Lipinski definition) is 6. The minimum Gasteiger partial charge on any atom is -0.378 e. The maximum Gasteiger partial charge on any atom is 0.244 e. The third-order valence-corrected chi connectivity index (χ3v) is 7.03. The van der Waals surface area contributed by atoms with E-state index in [1.54, 1.807) is 18.5 Å². The van der Waals surface area contributed by atoms with Gasteiger partial charge in [-0.15, -0.1) is 0 Å². The van der Waals surface area contributed by atoms with Crippen molar-refractivity contribution in [3.8, 4) is 0 Å². The molecule has 2 aromatic heterocycles. The minimum absolute atomic E-state index is 0.00272. The van der Waals surface area contributed by atoms with Gasteiger partial charge in [0.05, 0.1) is 54.4 Å². The van der Waals surface area contributed by atoms with E-state index in [1.807, 2.05) is 42.7 Å². The zero-order valence-corrected chi connectivity index (χ0v) is 20.9. The summed E-state index contributed by atoms with van der Waals surface area (Å²) in [5, 5.41) is 5.43. The van der Waals surface area contributed by atoms with Crippen molar-refractivity contribution in [1.82, 2.24) is 19.8 Å². The lowest BCUT2D eigenvalue weighted by molar-refractivity contribution is -0.159. The van der Waals surface area contributed by atoms with E-state index >= 15 is 0 Å². The predicted molar refractivity (Wildman–Crippen MR) is 135 cm³/mol. The van der Waals surface area contributed by atoms with E-state index in [-0.39, 0.29) is 18.4 Å². The number of aromatic amines is 1. The van der Waals surface area contributed by atoms with Gasteiger partial charge in [0.25, 0.3) is 0 Å². The molecule has 0 unspecified atom stereocenters. The molecule has 2 saturated heterocycles. The fraction of sp³-hybridized carbons (Fsp3) is 0.480. The summed E-state index contributed by atoms with van der Waals surface area (Å²) in [6.07, 6.45) is 3.47. The Bertz CT molecular complexity index is 1270. The van der Waals surface area contributed by atoms with Gasteiger partial charge in [0.1, 0.15) is 6.04 Å². The molecule has 0 bridgehead atoms. The first-order valence-corrected chi connectivity index (χ1v) is 12.2. The van der Waals surface area contributed by atoms with Crippen molar-refractivity contribution in [3.05, 3.63) is 35.6 Å². The minimum atomic E-state index is -0.636. The Morgan fingerprint density at radius 2 is 2.03 bits per heavy atom. The van der Waals surface area contributed by atoms with Crippen LogP contribution in [0.5, 0.6) is 0 Å². The van der Waals surface area contributed by atoms with Crippen LogP contribution in [0.2, 0.25) is 5.02 Å². The van der Waals surface area contributed by atoms with Crippen molar-refractivity contribution in [3.63, 3.8) is 0 Å². The summed E-state index contributed by atoms with van der Waals surface area (Å²) in [6, 6.07) is 4.39. The zero-order chi connectivity index (χ0) is 24.7. The number of aromatic nitrogens is 2. The van der Waals surface area contributed by atoms with Crippen molar-refractivity contribution in [2.45, 2.75) is 38.5 Å². The fourth-order valence-electron chi connectivity index (χ4n) is 4.95. The monoisotopic (exact) mass is 499 g/mol. The van der Waals surface area contributed by atoms with Crippen LogP contribution in [0.15, 0.2) is 30.6 Å². The number of nitrogens with one attached hydrogen (secondary N) is 2. The van der Waals surface area contributed by atoms with Crippen LogP contribution in [0.1, 0.15) is 20.8 Å². The number of halogens is 1. The molecular weight excluding hydrogens is 470 g/mol. The summed E-state index contributed by atoms with van der Waals surface area (Å²) in [7, 11) is 0. The second kappa shape index (κ2) is 9.39. The molecule has 3 aromatic rings. The maximum atomic E-state index is 13.6. The molecule has 1 aromatic carbocycles. The van der Waals surface area contributed by atoms with Crippen LogP contribution in [0, 0.1) is 0 Å². The molecule has 4 heterocycles. The standard InChI is InChI=1S/C25H30ClN5O4/c1-15(24(33)30-6-8-34-9-7-30)31-14-25(2,3)35-13-21(31)23(32)29-19-11-16(26)10-18-17-4-5-27-12-20(17)28-22(18)19/h4-5,10-12,15,21,28H,6-9,13-14H2,1-3H3,(H,29,32)/t15-,21-/m0/s1. The third-order valence-electron chi connectivity index (χ3n) is 6.81. The number of nitrogens with zero attached hydrogens (tertiary/aromatic N) is 3. The van der Waals surface area contributed by atoms with E-state index < -0.39 is 17.7 Å². The van der Waals surface area contributed by atoms with Crippen molar-refractivity contribution < 1.29 is 19.1 Å². The lowest BCUT2D eigenvalue weighted by Crippen LogP contribution is -2.63. The van der Waals surface area contributed by atoms with Gasteiger partial charge in [0.15, 0.2) is 0 Å². The van der Waals surface area contributed by atoms with Gasteiger partial charge in [-0.3, -0.25) is 19.5 Å². The lowest BCUT2D eigenvalue weighted by Gasteiger charge is -2.46. The highest BCUT2D eigenvalue weighted by Crippen LogP contribution is 2.34. The molecule has 2 aliphatic rings. The molecule has 0 spiro atoms. The van der Waals surface area contributed by atoms with Crippen LogP contribution in [-0.2, 0) is 19.1 Å². The van der Waals surface area contributed by atoms with Gasteiger partial charge in [-0.2, -0.15) is 0 Å². The van der Waals surface area contributed by atoms with Gasteiger partial charge < -0.3 is 24.7 Å². The number of carbonyl (C=O) groups is 2. The van der Waals surface area contributed by atoms with Crippen LogP contribution in [0.25, 0.3) is 21.8 Å². The average Bonchev–Trinajstić information content (AvgIpc) is 3.22. The van der Waals surface area contributed by atoms with Gasteiger partial charge in [-0.1, -0.05) is 11.6 Å². The number of ether oxygens (including phenoxy) is 2. The average molecular weight is 500 g/mol. The summed E-state index contributed by atoms with van der Waals surface area (Å²) < 4.78 is 11.4. The molecule has 0 saturated carbocycles. The Morgan fingerprint density at radius 3 is 2.80 bits per heavy atom. The number of H-pyrrole nitrogens is 1. The van der Waals surface area contributed by atoms with Gasteiger partial charge in [-0.05, 0) is 39.0 Å². The largest absolute Gasteiger partial charge is 0.378 e. The quantitative estimate of drug-likeness (QED) is 0.572.